The maximum atomic E-state index is 11.9. The Morgan fingerprint density at radius 1 is 1.33 bits per heavy atom. The molecule has 3 rings (SSSR count). The highest BCUT2D eigenvalue weighted by Gasteiger charge is 2.07. The van der Waals surface area contributed by atoms with E-state index >= 15 is 0 Å². The van der Waals surface area contributed by atoms with Crippen molar-refractivity contribution in [1.82, 2.24) is 20.6 Å². The lowest BCUT2D eigenvalue weighted by molar-refractivity contribution is -0.121. The van der Waals surface area contributed by atoms with Crippen molar-refractivity contribution < 1.29 is 9.42 Å². The van der Waals surface area contributed by atoms with Crippen LogP contribution in [-0.4, -0.2) is 21.2 Å². The summed E-state index contributed by atoms with van der Waals surface area (Å²) in [7, 11) is 0. The molecule has 108 valence electrons. The van der Waals surface area contributed by atoms with Crippen LogP contribution in [0.4, 0.5) is 0 Å². The molecular formula is C14H14N4O2S. The topological polar surface area (TPSA) is 80.9 Å². The summed E-state index contributed by atoms with van der Waals surface area (Å²) in [6, 6.07) is 5.59. The minimum atomic E-state index is 0.0289. The van der Waals surface area contributed by atoms with Gasteiger partial charge in [-0.25, -0.2) is 9.61 Å². The fraction of sp³-hybridized carbons (Fsp3) is 0.286. The molecule has 6 nitrogen and oxygen atoms in total. The van der Waals surface area contributed by atoms with Gasteiger partial charge in [0.05, 0.1) is 11.2 Å². The lowest BCUT2D eigenvalue weighted by atomic mass is 10.2. The number of fused-ring (bicyclic) bond motifs is 1. The molecule has 0 saturated heterocycles. The van der Waals surface area contributed by atoms with Gasteiger partial charge in [-0.15, -0.1) is 11.3 Å². The van der Waals surface area contributed by atoms with Crippen molar-refractivity contribution in [2.45, 2.75) is 26.3 Å². The zero-order chi connectivity index (χ0) is 14.7. The standard InChI is InChI=1S/C14H14N4O2S/c1-9-13(21-8-16-9)4-5-14(19)15-7-10-2-3-11-12(6-10)18-20-17-11/h2-3,6,8H,4-5,7H2,1H3,(H,15,19). The van der Waals surface area contributed by atoms with Crippen LogP contribution in [0.15, 0.2) is 28.3 Å². The Bertz CT molecular complexity index is 765. The van der Waals surface area contributed by atoms with Gasteiger partial charge in [0.15, 0.2) is 0 Å². The maximum absolute atomic E-state index is 11.9. The highest BCUT2D eigenvalue weighted by molar-refractivity contribution is 7.09. The molecule has 0 atom stereocenters. The molecular weight excluding hydrogens is 288 g/mol. The van der Waals surface area contributed by atoms with E-state index in [1.165, 1.54) is 4.88 Å². The van der Waals surface area contributed by atoms with Crippen molar-refractivity contribution in [2.24, 2.45) is 0 Å². The fourth-order valence-corrected chi connectivity index (χ4v) is 2.80. The van der Waals surface area contributed by atoms with E-state index < -0.39 is 0 Å². The number of aryl methyl sites for hydroxylation is 2. The molecule has 0 unspecified atom stereocenters. The van der Waals surface area contributed by atoms with Crippen LogP contribution in [0.25, 0.3) is 11.0 Å². The van der Waals surface area contributed by atoms with Gasteiger partial charge in [0.25, 0.3) is 0 Å². The second-order valence-corrected chi connectivity index (χ2v) is 5.66. The minimum absolute atomic E-state index is 0.0289. The molecule has 1 aromatic carbocycles. The van der Waals surface area contributed by atoms with Gasteiger partial charge in [0.2, 0.25) is 5.91 Å². The number of nitrogens with one attached hydrogen (secondary N) is 1. The van der Waals surface area contributed by atoms with Gasteiger partial charge in [-0.3, -0.25) is 4.79 Å². The number of carbonyl (C=O) groups excluding carboxylic acids is 1. The van der Waals surface area contributed by atoms with E-state index in [2.05, 4.69) is 25.2 Å². The summed E-state index contributed by atoms with van der Waals surface area (Å²) in [5.74, 6) is 0.0289. The minimum Gasteiger partial charge on any atom is -0.352 e. The lowest BCUT2D eigenvalue weighted by Gasteiger charge is -2.05. The van der Waals surface area contributed by atoms with Gasteiger partial charge in [-0.05, 0) is 41.4 Å². The van der Waals surface area contributed by atoms with Crippen LogP contribution in [0, 0.1) is 6.92 Å². The molecule has 2 aromatic heterocycles. The van der Waals surface area contributed by atoms with Crippen LogP contribution in [0.5, 0.6) is 0 Å². The SMILES string of the molecule is Cc1ncsc1CCC(=O)NCc1ccc2nonc2c1. The van der Waals surface area contributed by atoms with Crippen LogP contribution in [0.2, 0.25) is 0 Å². The number of nitrogens with zero attached hydrogens (tertiary/aromatic N) is 3. The number of carbonyl (C=O) groups is 1. The highest BCUT2D eigenvalue weighted by Crippen LogP contribution is 2.14. The molecule has 7 heteroatoms. The Hall–Kier alpha value is -2.28. The smallest absolute Gasteiger partial charge is 0.220 e. The second kappa shape index (κ2) is 6.01. The first-order valence-corrected chi connectivity index (χ1v) is 7.47. The van der Waals surface area contributed by atoms with E-state index in [1.807, 2.05) is 30.6 Å². The molecule has 0 aliphatic carbocycles. The maximum Gasteiger partial charge on any atom is 0.220 e. The largest absolute Gasteiger partial charge is 0.352 e. The van der Waals surface area contributed by atoms with Crippen molar-refractivity contribution in [3.05, 3.63) is 39.8 Å². The van der Waals surface area contributed by atoms with E-state index in [0.29, 0.717) is 24.0 Å². The van der Waals surface area contributed by atoms with Crippen molar-refractivity contribution in [3.8, 4) is 0 Å². The summed E-state index contributed by atoms with van der Waals surface area (Å²) < 4.78 is 4.64. The van der Waals surface area contributed by atoms with E-state index in [1.54, 1.807) is 11.3 Å². The van der Waals surface area contributed by atoms with E-state index in [-0.39, 0.29) is 5.91 Å². The summed E-state index contributed by atoms with van der Waals surface area (Å²) in [4.78, 5) is 17.2. The zero-order valence-corrected chi connectivity index (χ0v) is 12.3. The van der Waals surface area contributed by atoms with Gasteiger partial charge in [0, 0.05) is 17.8 Å². The summed E-state index contributed by atoms with van der Waals surface area (Å²) in [5.41, 5.74) is 5.20. The molecule has 0 aliphatic heterocycles. The third-order valence-electron chi connectivity index (χ3n) is 3.23. The van der Waals surface area contributed by atoms with Crippen molar-refractivity contribution in [2.75, 3.05) is 0 Å². The Morgan fingerprint density at radius 2 is 2.19 bits per heavy atom. The van der Waals surface area contributed by atoms with Crippen LogP contribution in [0.3, 0.4) is 0 Å². The molecule has 3 aromatic rings. The van der Waals surface area contributed by atoms with Crippen molar-refractivity contribution in [1.29, 1.82) is 0 Å². The van der Waals surface area contributed by atoms with Gasteiger partial charge < -0.3 is 5.32 Å². The predicted octanol–water partition coefficient (Wildman–Crippen LogP) is 2.24. The second-order valence-electron chi connectivity index (χ2n) is 4.72. The first kappa shape index (κ1) is 13.7. The van der Waals surface area contributed by atoms with Crippen molar-refractivity contribution >= 4 is 28.3 Å². The summed E-state index contributed by atoms with van der Waals surface area (Å²) in [5, 5.41) is 10.4. The van der Waals surface area contributed by atoms with Crippen LogP contribution in [0.1, 0.15) is 22.6 Å². The highest BCUT2D eigenvalue weighted by atomic mass is 32.1. The fourth-order valence-electron chi connectivity index (χ4n) is 2.02. The molecule has 0 radical (unpaired) electrons. The number of benzene rings is 1. The molecule has 0 fully saturated rings. The number of aromatic nitrogens is 3. The summed E-state index contributed by atoms with van der Waals surface area (Å²) >= 11 is 1.59. The molecule has 21 heavy (non-hydrogen) atoms. The van der Waals surface area contributed by atoms with Crippen LogP contribution >= 0.6 is 11.3 Å². The monoisotopic (exact) mass is 302 g/mol. The quantitative estimate of drug-likeness (QED) is 0.781. The summed E-state index contributed by atoms with van der Waals surface area (Å²) in [6.07, 6.45) is 1.20. The van der Waals surface area contributed by atoms with Gasteiger partial charge >= 0.3 is 0 Å². The number of hydrogen-bond donors (Lipinski definition) is 1. The average molecular weight is 302 g/mol. The third kappa shape index (κ3) is 3.25. The zero-order valence-electron chi connectivity index (χ0n) is 11.5. The first-order valence-electron chi connectivity index (χ1n) is 6.59. The summed E-state index contributed by atoms with van der Waals surface area (Å²) in [6.45, 7) is 2.44. The van der Waals surface area contributed by atoms with Gasteiger partial charge in [-0.2, -0.15) is 0 Å². The van der Waals surface area contributed by atoms with Gasteiger partial charge in [0.1, 0.15) is 11.0 Å². The van der Waals surface area contributed by atoms with Crippen LogP contribution < -0.4 is 5.32 Å². The molecule has 0 bridgehead atoms. The molecule has 2 heterocycles. The number of amides is 1. The predicted molar refractivity (Wildman–Crippen MR) is 78.8 cm³/mol. The Labute approximate surface area is 125 Å². The van der Waals surface area contributed by atoms with Crippen molar-refractivity contribution in [3.63, 3.8) is 0 Å². The number of thiazole rings is 1. The molecule has 1 amide bonds. The Balaban J connectivity index is 1.52. The molecule has 0 spiro atoms. The third-order valence-corrected chi connectivity index (χ3v) is 4.23. The van der Waals surface area contributed by atoms with E-state index in [9.17, 15) is 4.79 Å². The Morgan fingerprint density at radius 3 is 3.00 bits per heavy atom. The lowest BCUT2D eigenvalue weighted by Crippen LogP contribution is -2.22. The Kier molecular flexibility index (Phi) is 3.92. The molecule has 1 N–H and O–H groups in total. The number of hydrogen-bond acceptors (Lipinski definition) is 6. The number of rotatable bonds is 5. The first-order chi connectivity index (χ1) is 10.2. The van der Waals surface area contributed by atoms with Gasteiger partial charge in [-0.1, -0.05) is 6.07 Å². The van der Waals surface area contributed by atoms with Crippen LogP contribution in [-0.2, 0) is 17.8 Å². The average Bonchev–Trinajstić information content (AvgIpc) is 3.11. The molecule has 0 saturated carbocycles. The van der Waals surface area contributed by atoms with E-state index in [0.717, 1.165) is 17.7 Å². The molecule has 0 aliphatic rings. The normalized spacial score (nSPS) is 10.9. The van der Waals surface area contributed by atoms with E-state index in [4.69, 9.17) is 0 Å².